The molecule has 30 heavy (non-hydrogen) atoms. The van der Waals surface area contributed by atoms with E-state index in [-0.39, 0.29) is 29.3 Å². The lowest BCUT2D eigenvalue weighted by atomic mass is 9.95. The topological polar surface area (TPSA) is 73.7 Å². The van der Waals surface area contributed by atoms with Gasteiger partial charge in [0.15, 0.2) is 0 Å². The van der Waals surface area contributed by atoms with Crippen LogP contribution in [0.4, 0.5) is 10.1 Å². The van der Waals surface area contributed by atoms with Crippen LogP contribution in [0.1, 0.15) is 30.1 Å². The Morgan fingerprint density at radius 3 is 2.53 bits per heavy atom. The van der Waals surface area contributed by atoms with Gasteiger partial charge in [-0.15, -0.1) is 0 Å². The van der Waals surface area contributed by atoms with Crippen LogP contribution in [0.5, 0.6) is 0 Å². The van der Waals surface area contributed by atoms with Gasteiger partial charge in [0.05, 0.1) is 29.4 Å². The summed E-state index contributed by atoms with van der Waals surface area (Å²) in [6, 6.07) is 10.3. The number of benzene rings is 1. The van der Waals surface area contributed by atoms with Crippen LogP contribution in [0.25, 0.3) is 0 Å². The van der Waals surface area contributed by atoms with Crippen LogP contribution in [0.15, 0.2) is 42.6 Å². The number of aromatic nitrogens is 1. The molecule has 2 saturated heterocycles. The number of aryl methyl sites for hydroxylation is 1. The molecule has 0 bridgehead atoms. The second kappa shape index (κ2) is 8.61. The fourth-order valence-corrected chi connectivity index (χ4v) is 6.02. The maximum absolute atomic E-state index is 14.7. The summed E-state index contributed by atoms with van der Waals surface area (Å²) in [5.41, 5.74) is 2.45. The predicted octanol–water partition coefficient (Wildman–Crippen LogP) is 2.54. The Balaban J connectivity index is 1.59. The van der Waals surface area contributed by atoms with Crippen LogP contribution in [0.2, 0.25) is 0 Å². The molecule has 0 radical (unpaired) electrons. The number of pyridine rings is 1. The summed E-state index contributed by atoms with van der Waals surface area (Å²) in [5, 5.41) is 11.2. The van der Waals surface area contributed by atoms with E-state index in [9.17, 15) is 17.9 Å². The predicted molar refractivity (Wildman–Crippen MR) is 114 cm³/mol. The van der Waals surface area contributed by atoms with E-state index in [1.807, 2.05) is 36.2 Å². The van der Waals surface area contributed by atoms with Gasteiger partial charge < -0.3 is 10.0 Å². The Labute approximate surface area is 177 Å². The molecular formula is C22H28FN3O3S. The van der Waals surface area contributed by atoms with Gasteiger partial charge in [-0.25, -0.2) is 12.8 Å². The number of aliphatic hydroxyl groups excluding tert-OH is 1. The molecule has 162 valence electrons. The van der Waals surface area contributed by atoms with E-state index in [0.29, 0.717) is 38.0 Å². The van der Waals surface area contributed by atoms with Crippen molar-refractivity contribution in [1.29, 1.82) is 0 Å². The van der Waals surface area contributed by atoms with E-state index < -0.39 is 16.1 Å². The molecule has 8 heteroatoms. The van der Waals surface area contributed by atoms with Crippen molar-refractivity contribution >= 4 is 15.5 Å². The zero-order valence-electron chi connectivity index (χ0n) is 17.1. The van der Waals surface area contributed by atoms with Crippen molar-refractivity contribution in [3.63, 3.8) is 0 Å². The normalized spacial score (nSPS) is 24.0. The molecule has 4 rings (SSSR count). The summed E-state index contributed by atoms with van der Waals surface area (Å²) in [5.74, 6) is -0.215. The van der Waals surface area contributed by atoms with Crippen LogP contribution in [0.3, 0.4) is 0 Å². The fraction of sp³-hybridized carbons (Fsp3) is 0.500. The van der Waals surface area contributed by atoms with E-state index in [4.69, 9.17) is 0 Å². The third kappa shape index (κ3) is 4.50. The van der Waals surface area contributed by atoms with E-state index in [1.165, 1.54) is 6.07 Å². The molecule has 6 nitrogen and oxygen atoms in total. The number of halogens is 1. The zero-order chi connectivity index (χ0) is 21.3. The van der Waals surface area contributed by atoms with Gasteiger partial charge in [0, 0.05) is 36.8 Å². The SMILES string of the molecule is Cc1ccc(N2CCN(C(O)C3CCS(=O)(=O)CC3)C(c3ccccc3F)C2)cn1. The number of rotatable bonds is 4. The summed E-state index contributed by atoms with van der Waals surface area (Å²) < 4.78 is 38.3. The second-order valence-corrected chi connectivity index (χ2v) is 10.6. The molecule has 1 N–H and O–H groups in total. The molecular weight excluding hydrogens is 405 g/mol. The maximum atomic E-state index is 14.7. The summed E-state index contributed by atoms with van der Waals surface area (Å²) in [6.07, 6.45) is 1.90. The molecule has 2 unspecified atom stereocenters. The summed E-state index contributed by atoms with van der Waals surface area (Å²) in [6.45, 7) is 3.69. The average molecular weight is 434 g/mol. The number of nitrogens with zero attached hydrogens (tertiary/aromatic N) is 3. The van der Waals surface area contributed by atoms with Crippen molar-refractivity contribution in [3.8, 4) is 0 Å². The largest absolute Gasteiger partial charge is 0.378 e. The number of hydrogen-bond acceptors (Lipinski definition) is 6. The Hall–Kier alpha value is -2.03. The van der Waals surface area contributed by atoms with Crippen molar-refractivity contribution in [2.24, 2.45) is 5.92 Å². The minimum absolute atomic E-state index is 0.105. The molecule has 3 heterocycles. The second-order valence-electron chi connectivity index (χ2n) is 8.28. The minimum atomic E-state index is -3.01. The molecule has 2 aromatic rings. The Morgan fingerprint density at radius 2 is 1.87 bits per heavy atom. The van der Waals surface area contributed by atoms with Gasteiger partial charge in [-0.05, 0) is 38.0 Å². The van der Waals surface area contributed by atoms with E-state index in [1.54, 1.807) is 12.1 Å². The highest BCUT2D eigenvalue weighted by Crippen LogP contribution is 2.34. The van der Waals surface area contributed by atoms with E-state index in [2.05, 4.69) is 9.88 Å². The molecule has 2 aliphatic heterocycles. The van der Waals surface area contributed by atoms with Crippen LogP contribution in [-0.2, 0) is 9.84 Å². The molecule has 1 aromatic heterocycles. The van der Waals surface area contributed by atoms with Gasteiger partial charge >= 0.3 is 0 Å². The first-order valence-electron chi connectivity index (χ1n) is 10.4. The molecule has 2 fully saturated rings. The number of anilines is 1. The molecule has 0 saturated carbocycles. The van der Waals surface area contributed by atoms with Gasteiger partial charge in [-0.3, -0.25) is 9.88 Å². The Kier molecular flexibility index (Phi) is 6.09. The van der Waals surface area contributed by atoms with Gasteiger partial charge in [-0.1, -0.05) is 18.2 Å². The van der Waals surface area contributed by atoms with Crippen molar-refractivity contribution < 1.29 is 17.9 Å². The van der Waals surface area contributed by atoms with Crippen LogP contribution < -0.4 is 4.90 Å². The van der Waals surface area contributed by atoms with Gasteiger partial charge in [0.25, 0.3) is 0 Å². The molecule has 2 atom stereocenters. The lowest BCUT2D eigenvalue weighted by molar-refractivity contribution is -0.0719. The summed E-state index contributed by atoms with van der Waals surface area (Å²) in [7, 11) is -3.01. The van der Waals surface area contributed by atoms with E-state index in [0.717, 1.165) is 11.4 Å². The standard InChI is InChI=1S/C22H28FN3O3S/c1-16-6-7-18(14-24-16)25-10-11-26(21(15-25)19-4-2-3-5-20(19)23)22(27)17-8-12-30(28,29)13-9-17/h2-7,14,17,21-22,27H,8-13,15H2,1H3. The average Bonchev–Trinajstić information content (AvgIpc) is 2.74. The lowest BCUT2D eigenvalue weighted by Gasteiger charge is -2.46. The monoisotopic (exact) mass is 433 g/mol. The fourth-order valence-electron chi connectivity index (χ4n) is 4.49. The number of hydrogen-bond donors (Lipinski definition) is 1. The van der Waals surface area contributed by atoms with Gasteiger partial charge in [0.2, 0.25) is 0 Å². The third-order valence-corrected chi connectivity index (χ3v) is 8.02. The number of aliphatic hydroxyl groups is 1. The van der Waals surface area contributed by atoms with Crippen LogP contribution in [0, 0.1) is 18.7 Å². The molecule has 0 aliphatic carbocycles. The molecule has 2 aliphatic rings. The minimum Gasteiger partial charge on any atom is -0.378 e. The molecule has 0 spiro atoms. The smallest absolute Gasteiger partial charge is 0.150 e. The number of piperazine rings is 1. The van der Waals surface area contributed by atoms with Crippen molar-refractivity contribution in [2.75, 3.05) is 36.0 Å². The molecule has 0 amide bonds. The van der Waals surface area contributed by atoms with Crippen LogP contribution in [-0.4, -0.2) is 60.8 Å². The lowest BCUT2D eigenvalue weighted by Crippen LogP contribution is -2.55. The Morgan fingerprint density at radius 1 is 1.13 bits per heavy atom. The number of sulfone groups is 1. The molecule has 1 aromatic carbocycles. The third-order valence-electron chi connectivity index (χ3n) is 6.31. The summed E-state index contributed by atoms with van der Waals surface area (Å²) >= 11 is 0. The Bertz CT molecular complexity index is 969. The first-order chi connectivity index (χ1) is 14.3. The van der Waals surface area contributed by atoms with Gasteiger partial charge in [0.1, 0.15) is 21.9 Å². The highest BCUT2D eigenvalue weighted by molar-refractivity contribution is 7.91. The van der Waals surface area contributed by atoms with Crippen molar-refractivity contribution in [2.45, 2.75) is 32.0 Å². The van der Waals surface area contributed by atoms with E-state index >= 15 is 0 Å². The highest BCUT2D eigenvalue weighted by Gasteiger charge is 2.38. The quantitative estimate of drug-likeness (QED) is 0.799. The summed E-state index contributed by atoms with van der Waals surface area (Å²) in [4.78, 5) is 8.48. The zero-order valence-corrected chi connectivity index (χ0v) is 17.9. The van der Waals surface area contributed by atoms with Crippen LogP contribution >= 0.6 is 0 Å². The first kappa shape index (κ1) is 21.2. The van der Waals surface area contributed by atoms with Gasteiger partial charge in [-0.2, -0.15) is 0 Å². The highest BCUT2D eigenvalue weighted by atomic mass is 32.2. The van der Waals surface area contributed by atoms with Crippen molar-refractivity contribution in [3.05, 3.63) is 59.7 Å². The maximum Gasteiger partial charge on any atom is 0.150 e. The first-order valence-corrected chi connectivity index (χ1v) is 12.2. The van der Waals surface area contributed by atoms with Crippen molar-refractivity contribution in [1.82, 2.24) is 9.88 Å².